The van der Waals surface area contributed by atoms with Crippen LogP contribution < -0.4 is 0 Å². The van der Waals surface area contributed by atoms with Gasteiger partial charge in [0.1, 0.15) is 0 Å². The molecule has 1 unspecified atom stereocenters. The van der Waals surface area contributed by atoms with Crippen LogP contribution in [0.2, 0.25) is 0 Å². The smallest absolute Gasteiger partial charge is 0.0977 e. The Hall–Kier alpha value is -0.830. The molecule has 0 aliphatic heterocycles. The zero-order chi connectivity index (χ0) is 9.69. The van der Waals surface area contributed by atoms with Crippen LogP contribution in [0.1, 0.15) is 32.3 Å². The molecule has 1 heterocycles. The highest BCUT2D eigenvalue weighted by atomic mass is 16.3. The third kappa shape index (κ3) is 1.03. The molecule has 0 bridgehead atoms. The van der Waals surface area contributed by atoms with Gasteiger partial charge in [-0.15, -0.1) is 0 Å². The second-order valence-corrected chi connectivity index (χ2v) is 4.65. The molecule has 72 valence electrons. The first-order chi connectivity index (χ1) is 5.96. The maximum atomic E-state index is 10.4. The average molecular weight is 180 g/mol. The van der Waals surface area contributed by atoms with Crippen LogP contribution in [0.3, 0.4) is 0 Å². The molecule has 0 saturated heterocycles. The molecule has 1 N–H and O–H groups in total. The van der Waals surface area contributed by atoms with E-state index in [9.17, 15) is 5.11 Å². The van der Waals surface area contributed by atoms with Gasteiger partial charge in [0, 0.05) is 18.8 Å². The first-order valence-corrected chi connectivity index (χ1v) is 4.67. The fraction of sp³-hybridized carbons (Fsp3) is 0.700. The number of aromatic nitrogens is 2. The molecule has 1 fully saturated rings. The molecule has 3 nitrogen and oxygen atoms in total. The van der Waals surface area contributed by atoms with Crippen molar-refractivity contribution >= 4 is 0 Å². The summed E-state index contributed by atoms with van der Waals surface area (Å²) in [6.07, 6.45) is 5.60. The van der Waals surface area contributed by atoms with Gasteiger partial charge in [0.15, 0.2) is 0 Å². The topological polar surface area (TPSA) is 38.0 Å². The van der Waals surface area contributed by atoms with E-state index in [1.807, 2.05) is 13.2 Å². The van der Waals surface area contributed by atoms with Gasteiger partial charge in [0.05, 0.1) is 11.8 Å². The second kappa shape index (κ2) is 2.35. The summed E-state index contributed by atoms with van der Waals surface area (Å²) in [6.45, 7) is 4.20. The minimum Gasteiger partial charge on any atom is -0.384 e. The van der Waals surface area contributed by atoms with Crippen molar-refractivity contribution in [1.29, 1.82) is 0 Å². The second-order valence-electron chi connectivity index (χ2n) is 4.65. The van der Waals surface area contributed by atoms with Crippen LogP contribution in [0.15, 0.2) is 12.4 Å². The van der Waals surface area contributed by atoms with Gasteiger partial charge in [-0.3, -0.25) is 4.68 Å². The van der Waals surface area contributed by atoms with Gasteiger partial charge in [-0.1, -0.05) is 13.8 Å². The Balaban J connectivity index is 2.36. The number of aryl methyl sites for hydroxylation is 1. The molecule has 3 heteroatoms. The fourth-order valence-electron chi connectivity index (χ4n) is 2.03. The van der Waals surface area contributed by atoms with E-state index in [0.717, 1.165) is 18.4 Å². The van der Waals surface area contributed by atoms with Crippen LogP contribution in [0.4, 0.5) is 0 Å². The molecule has 1 atom stereocenters. The minimum atomic E-state index is -0.652. The number of aliphatic hydroxyl groups is 1. The molecule has 2 rings (SSSR count). The van der Waals surface area contributed by atoms with Crippen molar-refractivity contribution in [2.45, 2.75) is 32.3 Å². The molecule has 13 heavy (non-hydrogen) atoms. The predicted octanol–water partition coefficient (Wildman–Crippen LogP) is 1.43. The zero-order valence-corrected chi connectivity index (χ0v) is 8.41. The van der Waals surface area contributed by atoms with Crippen LogP contribution in [0.25, 0.3) is 0 Å². The molecular formula is C10H16N2O. The molecule has 1 saturated carbocycles. The SMILES string of the molecule is Cn1cc(C2(O)CCC2(C)C)cn1. The minimum absolute atomic E-state index is 0.00394. The predicted molar refractivity (Wildman–Crippen MR) is 50.1 cm³/mol. The highest BCUT2D eigenvalue weighted by Crippen LogP contribution is 2.55. The third-order valence-electron chi connectivity index (χ3n) is 3.41. The van der Waals surface area contributed by atoms with E-state index in [0.29, 0.717) is 0 Å². The van der Waals surface area contributed by atoms with Crippen LogP contribution in [-0.4, -0.2) is 14.9 Å². The number of nitrogens with zero attached hydrogens (tertiary/aromatic N) is 2. The Morgan fingerprint density at radius 2 is 2.15 bits per heavy atom. The Bertz CT molecular complexity index is 329. The van der Waals surface area contributed by atoms with Crippen molar-refractivity contribution in [3.05, 3.63) is 18.0 Å². The maximum Gasteiger partial charge on any atom is 0.0977 e. The largest absolute Gasteiger partial charge is 0.384 e. The quantitative estimate of drug-likeness (QED) is 0.710. The van der Waals surface area contributed by atoms with E-state index < -0.39 is 5.60 Å². The molecule has 1 aromatic rings. The summed E-state index contributed by atoms with van der Waals surface area (Å²) in [6, 6.07) is 0. The Morgan fingerprint density at radius 3 is 2.46 bits per heavy atom. The molecular weight excluding hydrogens is 164 g/mol. The maximum absolute atomic E-state index is 10.4. The number of rotatable bonds is 1. The van der Waals surface area contributed by atoms with E-state index in [-0.39, 0.29) is 5.41 Å². The van der Waals surface area contributed by atoms with Gasteiger partial charge < -0.3 is 5.11 Å². The van der Waals surface area contributed by atoms with Crippen LogP contribution in [-0.2, 0) is 12.6 Å². The summed E-state index contributed by atoms with van der Waals surface area (Å²) in [4.78, 5) is 0. The summed E-state index contributed by atoms with van der Waals surface area (Å²) >= 11 is 0. The summed E-state index contributed by atoms with van der Waals surface area (Å²) in [7, 11) is 1.87. The average Bonchev–Trinajstić information content (AvgIpc) is 2.48. The Morgan fingerprint density at radius 1 is 1.46 bits per heavy atom. The van der Waals surface area contributed by atoms with E-state index in [1.54, 1.807) is 10.9 Å². The van der Waals surface area contributed by atoms with Crippen LogP contribution >= 0.6 is 0 Å². The van der Waals surface area contributed by atoms with E-state index in [4.69, 9.17) is 0 Å². The molecule has 1 aliphatic rings. The Labute approximate surface area is 78.4 Å². The van der Waals surface area contributed by atoms with Gasteiger partial charge in [-0.2, -0.15) is 5.10 Å². The lowest BCUT2D eigenvalue weighted by atomic mass is 9.57. The van der Waals surface area contributed by atoms with Gasteiger partial charge in [-0.05, 0) is 18.3 Å². The standard InChI is InChI=1S/C10H16N2O/c1-9(2)4-5-10(9,13)8-6-11-12(3)7-8/h6-7,13H,4-5H2,1-3H3. The third-order valence-corrected chi connectivity index (χ3v) is 3.41. The lowest BCUT2D eigenvalue weighted by Gasteiger charge is -2.52. The Kier molecular flexibility index (Phi) is 1.58. The van der Waals surface area contributed by atoms with Crippen LogP contribution in [0, 0.1) is 5.41 Å². The number of hydrogen-bond donors (Lipinski definition) is 1. The summed E-state index contributed by atoms with van der Waals surface area (Å²) in [5.74, 6) is 0. The van der Waals surface area contributed by atoms with Crippen molar-refractivity contribution < 1.29 is 5.11 Å². The normalized spacial score (nSPS) is 31.4. The highest BCUT2D eigenvalue weighted by Gasteiger charge is 2.53. The molecule has 0 amide bonds. The van der Waals surface area contributed by atoms with E-state index in [2.05, 4.69) is 18.9 Å². The van der Waals surface area contributed by atoms with Gasteiger partial charge in [0.2, 0.25) is 0 Å². The molecule has 1 aromatic heterocycles. The summed E-state index contributed by atoms with van der Waals surface area (Å²) < 4.78 is 1.74. The van der Waals surface area contributed by atoms with Gasteiger partial charge in [0.25, 0.3) is 0 Å². The molecule has 0 spiro atoms. The van der Waals surface area contributed by atoms with Crippen molar-refractivity contribution in [3.8, 4) is 0 Å². The van der Waals surface area contributed by atoms with Crippen molar-refractivity contribution in [2.75, 3.05) is 0 Å². The zero-order valence-electron chi connectivity index (χ0n) is 8.41. The highest BCUT2D eigenvalue weighted by molar-refractivity contribution is 5.23. The van der Waals surface area contributed by atoms with E-state index >= 15 is 0 Å². The van der Waals surface area contributed by atoms with Gasteiger partial charge in [-0.25, -0.2) is 0 Å². The van der Waals surface area contributed by atoms with Crippen molar-refractivity contribution in [2.24, 2.45) is 12.5 Å². The fourth-order valence-corrected chi connectivity index (χ4v) is 2.03. The molecule has 1 aliphatic carbocycles. The van der Waals surface area contributed by atoms with Crippen molar-refractivity contribution in [1.82, 2.24) is 9.78 Å². The first-order valence-electron chi connectivity index (χ1n) is 4.67. The van der Waals surface area contributed by atoms with E-state index in [1.165, 1.54) is 0 Å². The summed E-state index contributed by atoms with van der Waals surface area (Å²) in [5, 5.41) is 14.5. The first kappa shape index (κ1) is 8.75. The lowest BCUT2D eigenvalue weighted by Crippen LogP contribution is -2.50. The summed E-state index contributed by atoms with van der Waals surface area (Å²) in [5.41, 5.74) is 0.295. The van der Waals surface area contributed by atoms with Crippen LogP contribution in [0.5, 0.6) is 0 Å². The molecule has 0 aromatic carbocycles. The monoisotopic (exact) mass is 180 g/mol. The van der Waals surface area contributed by atoms with Gasteiger partial charge >= 0.3 is 0 Å². The lowest BCUT2D eigenvalue weighted by molar-refractivity contribution is -0.156. The number of hydrogen-bond acceptors (Lipinski definition) is 2. The van der Waals surface area contributed by atoms with Crippen molar-refractivity contribution in [3.63, 3.8) is 0 Å². The molecule has 0 radical (unpaired) electrons.